The van der Waals surface area contributed by atoms with E-state index in [0.29, 0.717) is 18.4 Å². The summed E-state index contributed by atoms with van der Waals surface area (Å²) in [4.78, 5) is 6.49. The third-order valence-electron chi connectivity index (χ3n) is 7.47. The highest BCUT2D eigenvalue weighted by Crippen LogP contribution is 2.53. The Labute approximate surface area is 187 Å². The van der Waals surface area contributed by atoms with Gasteiger partial charge in [0.15, 0.2) is 5.72 Å². The monoisotopic (exact) mass is 435 g/mol. The molecule has 1 aliphatic heterocycles. The van der Waals surface area contributed by atoms with Gasteiger partial charge in [0.25, 0.3) is 0 Å². The Bertz CT molecular complexity index is 1090. The summed E-state index contributed by atoms with van der Waals surface area (Å²) in [6.45, 7) is 0.656. The molecule has 2 aromatic heterocycles. The van der Waals surface area contributed by atoms with Crippen molar-refractivity contribution in [1.82, 2.24) is 20.2 Å². The SMILES string of the molecule is COc1ccc(CN2N(c3cc4cccnn4c3)NO[C@@]23CC2CCC3CC2)c(OC)c1. The number of methoxy groups -OCH3 is 2. The van der Waals surface area contributed by atoms with Crippen molar-refractivity contribution in [2.24, 2.45) is 11.8 Å². The molecule has 1 aromatic carbocycles. The molecule has 3 aromatic rings. The molecule has 1 saturated heterocycles. The molecule has 1 spiro atoms. The summed E-state index contributed by atoms with van der Waals surface area (Å²) in [5, 5.41) is 8.86. The summed E-state index contributed by atoms with van der Waals surface area (Å²) in [5.74, 6) is 2.80. The Hall–Kier alpha value is -2.81. The van der Waals surface area contributed by atoms with Crippen LogP contribution in [0.1, 0.15) is 37.7 Å². The van der Waals surface area contributed by atoms with Gasteiger partial charge in [-0.1, -0.05) is 11.7 Å². The molecule has 3 heterocycles. The van der Waals surface area contributed by atoms with E-state index >= 15 is 0 Å². The van der Waals surface area contributed by atoms with Crippen LogP contribution in [0.25, 0.3) is 5.52 Å². The van der Waals surface area contributed by atoms with Gasteiger partial charge in [-0.2, -0.15) is 10.1 Å². The van der Waals surface area contributed by atoms with Crippen LogP contribution in [-0.4, -0.2) is 34.6 Å². The number of fused-ring (bicyclic) bond motifs is 3. The van der Waals surface area contributed by atoms with Crippen LogP contribution in [0.2, 0.25) is 0 Å². The highest BCUT2D eigenvalue weighted by Gasteiger charge is 2.58. The first-order chi connectivity index (χ1) is 15.7. The first kappa shape index (κ1) is 19.8. The van der Waals surface area contributed by atoms with Crippen LogP contribution in [0.15, 0.2) is 48.8 Å². The van der Waals surface area contributed by atoms with Gasteiger partial charge in [-0.15, -0.1) is 0 Å². The predicted molar refractivity (Wildman–Crippen MR) is 120 cm³/mol. The maximum Gasteiger partial charge on any atom is 0.166 e. The molecule has 4 aliphatic rings. The number of nitrogens with zero attached hydrogens (tertiary/aromatic N) is 4. The molecule has 8 nitrogen and oxygen atoms in total. The number of ether oxygens (including phenoxy) is 2. The molecule has 4 fully saturated rings. The van der Waals surface area contributed by atoms with Crippen molar-refractivity contribution in [2.75, 3.05) is 19.3 Å². The number of anilines is 1. The lowest BCUT2D eigenvalue weighted by Gasteiger charge is -2.51. The Morgan fingerprint density at radius 2 is 2.00 bits per heavy atom. The van der Waals surface area contributed by atoms with E-state index in [9.17, 15) is 0 Å². The second-order valence-corrected chi connectivity index (χ2v) is 9.10. The normalized spacial score (nSPS) is 27.5. The topological polar surface area (TPSA) is 63.5 Å². The van der Waals surface area contributed by atoms with Crippen molar-refractivity contribution in [3.05, 3.63) is 54.4 Å². The van der Waals surface area contributed by atoms with Crippen LogP contribution in [0.5, 0.6) is 11.5 Å². The molecule has 1 N–H and O–H groups in total. The van der Waals surface area contributed by atoms with E-state index in [1.807, 2.05) is 28.9 Å². The molecule has 3 aliphatic carbocycles. The van der Waals surface area contributed by atoms with Crippen LogP contribution in [-0.2, 0) is 11.4 Å². The first-order valence-corrected chi connectivity index (χ1v) is 11.4. The maximum atomic E-state index is 6.49. The molecule has 3 saturated carbocycles. The molecule has 168 valence electrons. The van der Waals surface area contributed by atoms with Gasteiger partial charge in [0.1, 0.15) is 11.5 Å². The number of hydrazine groups is 2. The quantitative estimate of drug-likeness (QED) is 0.651. The second kappa shape index (κ2) is 7.65. The molecule has 32 heavy (non-hydrogen) atoms. The van der Waals surface area contributed by atoms with Crippen molar-refractivity contribution >= 4 is 11.2 Å². The summed E-state index contributed by atoms with van der Waals surface area (Å²) in [7, 11) is 3.38. The second-order valence-electron chi connectivity index (χ2n) is 9.10. The molecular weight excluding hydrogens is 406 g/mol. The number of benzene rings is 1. The number of nitrogens with one attached hydrogen (secondary N) is 1. The minimum absolute atomic E-state index is 0.367. The molecule has 0 unspecified atom stereocenters. The van der Waals surface area contributed by atoms with E-state index in [4.69, 9.17) is 14.3 Å². The lowest BCUT2D eigenvalue weighted by atomic mass is 9.65. The molecule has 7 rings (SSSR count). The lowest BCUT2D eigenvalue weighted by Crippen LogP contribution is -2.59. The third kappa shape index (κ3) is 3.05. The van der Waals surface area contributed by atoms with Crippen molar-refractivity contribution in [1.29, 1.82) is 0 Å². The summed E-state index contributed by atoms with van der Waals surface area (Å²) in [5.41, 5.74) is 6.02. The van der Waals surface area contributed by atoms with Gasteiger partial charge in [0, 0.05) is 23.7 Å². The van der Waals surface area contributed by atoms with Gasteiger partial charge >= 0.3 is 0 Å². The Morgan fingerprint density at radius 1 is 1.12 bits per heavy atom. The Morgan fingerprint density at radius 3 is 2.72 bits per heavy atom. The summed E-state index contributed by atoms with van der Waals surface area (Å²) in [6, 6.07) is 12.2. The largest absolute Gasteiger partial charge is 0.497 e. The summed E-state index contributed by atoms with van der Waals surface area (Å²) >= 11 is 0. The number of hydrogen-bond donors (Lipinski definition) is 1. The lowest BCUT2D eigenvalue weighted by molar-refractivity contribution is -0.201. The van der Waals surface area contributed by atoms with Crippen molar-refractivity contribution in [2.45, 2.75) is 44.4 Å². The number of aromatic nitrogens is 2. The Kier molecular flexibility index (Phi) is 4.74. The maximum absolute atomic E-state index is 6.49. The van der Waals surface area contributed by atoms with Gasteiger partial charge in [0.05, 0.1) is 38.2 Å². The van der Waals surface area contributed by atoms with E-state index in [-0.39, 0.29) is 5.72 Å². The van der Waals surface area contributed by atoms with E-state index in [2.05, 4.69) is 39.0 Å². The minimum Gasteiger partial charge on any atom is -0.497 e. The Balaban J connectivity index is 1.41. The van der Waals surface area contributed by atoms with Crippen LogP contribution in [0.4, 0.5) is 5.69 Å². The van der Waals surface area contributed by atoms with Gasteiger partial charge in [-0.3, -0.25) is 4.84 Å². The molecule has 0 amide bonds. The number of hydrogen-bond acceptors (Lipinski definition) is 7. The fourth-order valence-corrected chi connectivity index (χ4v) is 5.82. The zero-order valence-corrected chi connectivity index (χ0v) is 18.5. The predicted octanol–water partition coefficient (Wildman–Crippen LogP) is 3.93. The van der Waals surface area contributed by atoms with E-state index < -0.39 is 0 Å². The van der Waals surface area contributed by atoms with Crippen molar-refractivity contribution < 1.29 is 14.3 Å². The average Bonchev–Trinajstić information content (AvgIpc) is 3.42. The van der Waals surface area contributed by atoms with Gasteiger partial charge in [0.2, 0.25) is 0 Å². The summed E-state index contributed by atoms with van der Waals surface area (Å²) in [6.07, 6.45) is 9.87. The fraction of sp³-hybridized carbons (Fsp3) is 0.458. The highest BCUT2D eigenvalue weighted by molar-refractivity contribution is 5.60. The van der Waals surface area contributed by atoms with Crippen molar-refractivity contribution in [3.63, 3.8) is 0 Å². The zero-order valence-electron chi connectivity index (χ0n) is 18.5. The van der Waals surface area contributed by atoms with E-state index in [0.717, 1.165) is 34.7 Å². The minimum atomic E-state index is -0.367. The molecular formula is C24H29N5O3. The molecule has 1 atom stereocenters. The van der Waals surface area contributed by atoms with E-state index in [1.54, 1.807) is 20.4 Å². The number of rotatable bonds is 5. The molecule has 2 bridgehead atoms. The average molecular weight is 436 g/mol. The van der Waals surface area contributed by atoms with Crippen LogP contribution < -0.4 is 20.2 Å². The van der Waals surface area contributed by atoms with Crippen LogP contribution in [0, 0.1) is 11.8 Å². The highest BCUT2D eigenvalue weighted by atomic mass is 16.8. The van der Waals surface area contributed by atoms with Gasteiger partial charge in [-0.25, -0.2) is 9.63 Å². The standard InChI is InChI=1S/C24H29N5O3/c1-30-22-10-7-18(23(13-22)31-2)15-28-24(14-17-5-8-19(24)9-6-17)32-26-29(28)21-12-20-4-3-11-25-27(20)16-21/h3-4,7,10-13,16-17,19,26H,5-6,8-9,14-15H2,1-2H3/t17?,19?,24-/m1/s1. The third-order valence-corrected chi connectivity index (χ3v) is 7.47. The van der Waals surface area contributed by atoms with Gasteiger partial charge in [-0.05, 0) is 62.3 Å². The van der Waals surface area contributed by atoms with Gasteiger partial charge < -0.3 is 9.47 Å². The van der Waals surface area contributed by atoms with E-state index in [1.165, 1.54) is 25.7 Å². The molecule has 0 radical (unpaired) electrons. The zero-order chi connectivity index (χ0) is 21.7. The first-order valence-electron chi connectivity index (χ1n) is 11.4. The molecule has 8 heteroatoms. The fourth-order valence-electron chi connectivity index (χ4n) is 5.82. The van der Waals surface area contributed by atoms with Crippen LogP contribution >= 0.6 is 0 Å². The smallest absolute Gasteiger partial charge is 0.166 e. The van der Waals surface area contributed by atoms with Crippen molar-refractivity contribution in [3.8, 4) is 11.5 Å². The van der Waals surface area contributed by atoms with Crippen LogP contribution in [0.3, 0.4) is 0 Å². The summed E-state index contributed by atoms with van der Waals surface area (Å²) < 4.78 is 13.0.